The molecular weight excluding hydrogens is 464 g/mol. The third kappa shape index (κ3) is 5.44. The molecule has 0 unspecified atom stereocenters. The number of benzene rings is 3. The van der Waals surface area contributed by atoms with Crippen molar-refractivity contribution in [3.05, 3.63) is 90.5 Å². The lowest BCUT2D eigenvalue weighted by atomic mass is 10.0. The lowest BCUT2D eigenvalue weighted by Crippen LogP contribution is -2.19. The molecule has 0 atom stereocenters. The number of imidazole rings is 1. The minimum absolute atomic E-state index is 0.181. The number of rotatable bonds is 9. The van der Waals surface area contributed by atoms with Gasteiger partial charge in [-0.15, -0.1) is 0 Å². The highest BCUT2D eigenvalue weighted by atomic mass is 32.2. The Bertz CT molecular complexity index is 1400. The Hall–Kier alpha value is -3.91. The van der Waals surface area contributed by atoms with Crippen LogP contribution in [0.3, 0.4) is 0 Å². The fraction of sp³-hybridized carbons (Fsp3) is 0.185. The average Bonchev–Trinajstić information content (AvgIpc) is 3.25. The average molecular weight is 491 g/mol. The number of aromatic nitrogens is 2. The van der Waals surface area contributed by atoms with Gasteiger partial charge in [0.25, 0.3) is 0 Å². The summed E-state index contributed by atoms with van der Waals surface area (Å²) in [5.74, 6) is -0.186. The monoisotopic (exact) mass is 490 g/mol. The van der Waals surface area contributed by atoms with Crippen molar-refractivity contribution in [3.8, 4) is 28.3 Å². The van der Waals surface area contributed by atoms with Crippen molar-refractivity contribution in [2.45, 2.75) is 24.4 Å². The molecule has 0 amide bonds. The number of carbonyl (C=O) groups excluding carboxylic acids is 1. The summed E-state index contributed by atoms with van der Waals surface area (Å²) >= 11 is 0. The Morgan fingerprint density at radius 2 is 1.49 bits per heavy atom. The lowest BCUT2D eigenvalue weighted by Gasteiger charge is -2.13. The van der Waals surface area contributed by atoms with Gasteiger partial charge in [-0.2, -0.15) is 0 Å². The zero-order valence-corrected chi connectivity index (χ0v) is 20.4. The number of methoxy groups -OCH3 is 1. The second-order valence-electron chi connectivity index (χ2n) is 7.82. The molecular formula is C27H26N2O5S. The predicted octanol–water partition coefficient (Wildman–Crippen LogP) is 4.76. The SMILES string of the molecule is CCOC(=O)Cn1c(S(=O)(=O)Cc2ccc(OC)cc2)nc(-c2ccccc2)c1-c1ccccc1. The molecule has 3 aromatic carbocycles. The minimum Gasteiger partial charge on any atom is -0.497 e. The van der Waals surface area contributed by atoms with Gasteiger partial charge >= 0.3 is 5.97 Å². The van der Waals surface area contributed by atoms with Crippen molar-refractivity contribution in [1.29, 1.82) is 0 Å². The molecule has 0 fully saturated rings. The van der Waals surface area contributed by atoms with E-state index in [1.807, 2.05) is 60.7 Å². The summed E-state index contributed by atoms with van der Waals surface area (Å²) in [7, 11) is -2.39. The molecule has 180 valence electrons. The molecule has 0 N–H and O–H groups in total. The first-order valence-corrected chi connectivity index (χ1v) is 12.8. The smallest absolute Gasteiger partial charge is 0.326 e. The van der Waals surface area contributed by atoms with E-state index in [9.17, 15) is 13.2 Å². The minimum atomic E-state index is -3.94. The van der Waals surface area contributed by atoms with Crippen molar-refractivity contribution in [2.75, 3.05) is 13.7 Å². The molecule has 0 spiro atoms. The van der Waals surface area contributed by atoms with Crippen LogP contribution in [0, 0.1) is 0 Å². The van der Waals surface area contributed by atoms with E-state index in [0.29, 0.717) is 22.7 Å². The van der Waals surface area contributed by atoms with Crippen LogP contribution in [-0.4, -0.2) is 37.7 Å². The highest BCUT2D eigenvalue weighted by molar-refractivity contribution is 7.90. The standard InChI is InChI=1S/C27H26N2O5S/c1-3-34-24(30)18-29-26(22-12-8-5-9-13-22)25(21-10-6-4-7-11-21)28-27(29)35(31,32)19-20-14-16-23(33-2)17-15-20/h4-17H,3,18-19H2,1-2H3. The molecule has 0 bridgehead atoms. The van der Waals surface area contributed by atoms with Crippen molar-refractivity contribution < 1.29 is 22.7 Å². The van der Waals surface area contributed by atoms with Crippen molar-refractivity contribution in [1.82, 2.24) is 9.55 Å². The van der Waals surface area contributed by atoms with Gasteiger partial charge in [-0.1, -0.05) is 72.8 Å². The van der Waals surface area contributed by atoms with Crippen LogP contribution in [-0.2, 0) is 31.7 Å². The predicted molar refractivity (Wildman–Crippen MR) is 134 cm³/mol. The first kappa shape index (κ1) is 24.2. The molecule has 4 rings (SSSR count). The number of hydrogen-bond donors (Lipinski definition) is 0. The van der Waals surface area contributed by atoms with Gasteiger partial charge in [0, 0.05) is 11.1 Å². The Balaban J connectivity index is 1.91. The molecule has 35 heavy (non-hydrogen) atoms. The van der Waals surface area contributed by atoms with Crippen LogP contribution in [0.25, 0.3) is 22.5 Å². The highest BCUT2D eigenvalue weighted by Crippen LogP contribution is 2.35. The van der Waals surface area contributed by atoms with Gasteiger partial charge in [-0.3, -0.25) is 4.79 Å². The summed E-state index contributed by atoms with van der Waals surface area (Å²) in [5.41, 5.74) is 3.09. The van der Waals surface area contributed by atoms with Crippen LogP contribution in [0.15, 0.2) is 90.1 Å². The van der Waals surface area contributed by atoms with E-state index in [4.69, 9.17) is 9.47 Å². The first-order valence-electron chi connectivity index (χ1n) is 11.2. The van der Waals surface area contributed by atoms with Gasteiger partial charge in [0.1, 0.15) is 12.3 Å². The second kappa shape index (κ2) is 10.6. The maximum Gasteiger partial charge on any atom is 0.326 e. The second-order valence-corrected chi connectivity index (χ2v) is 9.71. The van der Waals surface area contributed by atoms with Gasteiger partial charge in [0.05, 0.1) is 30.9 Å². The Labute approximate surface area is 204 Å². The van der Waals surface area contributed by atoms with Crippen LogP contribution in [0.4, 0.5) is 0 Å². The van der Waals surface area contributed by atoms with E-state index in [0.717, 1.165) is 11.1 Å². The number of carbonyl (C=O) groups is 1. The van der Waals surface area contributed by atoms with E-state index in [2.05, 4.69) is 4.98 Å². The summed E-state index contributed by atoms with van der Waals surface area (Å²) < 4.78 is 39.1. The molecule has 0 saturated heterocycles. The summed E-state index contributed by atoms with van der Waals surface area (Å²) in [6.45, 7) is 1.61. The van der Waals surface area contributed by atoms with E-state index < -0.39 is 15.8 Å². The summed E-state index contributed by atoms with van der Waals surface area (Å²) in [6, 6.07) is 25.5. The number of esters is 1. The first-order chi connectivity index (χ1) is 16.9. The largest absolute Gasteiger partial charge is 0.497 e. The van der Waals surface area contributed by atoms with Gasteiger partial charge < -0.3 is 14.0 Å². The van der Waals surface area contributed by atoms with Gasteiger partial charge in [0.2, 0.25) is 15.0 Å². The maximum atomic E-state index is 13.7. The molecule has 7 nitrogen and oxygen atoms in total. The molecule has 8 heteroatoms. The normalized spacial score (nSPS) is 11.3. The third-order valence-electron chi connectivity index (χ3n) is 5.41. The number of nitrogens with zero attached hydrogens (tertiary/aromatic N) is 2. The van der Waals surface area contributed by atoms with Gasteiger partial charge in [-0.05, 0) is 24.6 Å². The van der Waals surface area contributed by atoms with Crippen LogP contribution in [0.5, 0.6) is 5.75 Å². The number of sulfone groups is 1. The number of hydrogen-bond acceptors (Lipinski definition) is 6. The Kier molecular flexibility index (Phi) is 7.31. The molecule has 0 saturated carbocycles. The summed E-state index contributed by atoms with van der Waals surface area (Å²) in [6.07, 6.45) is 0. The number of ether oxygens (including phenoxy) is 2. The summed E-state index contributed by atoms with van der Waals surface area (Å²) in [4.78, 5) is 17.2. The van der Waals surface area contributed by atoms with E-state index >= 15 is 0 Å². The van der Waals surface area contributed by atoms with E-state index in [-0.39, 0.29) is 24.1 Å². The molecule has 1 aromatic heterocycles. The van der Waals surface area contributed by atoms with Gasteiger partial charge in [0.15, 0.2) is 0 Å². The molecule has 0 radical (unpaired) electrons. The third-order valence-corrected chi connectivity index (χ3v) is 6.99. The van der Waals surface area contributed by atoms with Crippen LogP contribution >= 0.6 is 0 Å². The molecule has 4 aromatic rings. The molecule has 1 heterocycles. The van der Waals surface area contributed by atoms with Crippen LogP contribution < -0.4 is 4.74 Å². The lowest BCUT2D eigenvalue weighted by molar-refractivity contribution is -0.143. The van der Waals surface area contributed by atoms with Crippen molar-refractivity contribution in [3.63, 3.8) is 0 Å². The van der Waals surface area contributed by atoms with E-state index in [1.165, 1.54) is 4.57 Å². The fourth-order valence-corrected chi connectivity index (χ4v) is 5.33. The molecule has 0 aliphatic rings. The Morgan fingerprint density at radius 1 is 0.886 bits per heavy atom. The van der Waals surface area contributed by atoms with Crippen LogP contribution in [0.1, 0.15) is 12.5 Å². The fourth-order valence-electron chi connectivity index (χ4n) is 3.84. The maximum absolute atomic E-state index is 13.7. The van der Waals surface area contributed by atoms with E-state index in [1.54, 1.807) is 38.3 Å². The Morgan fingerprint density at radius 3 is 2.06 bits per heavy atom. The molecule has 0 aliphatic heterocycles. The quantitative estimate of drug-likeness (QED) is 0.314. The highest BCUT2D eigenvalue weighted by Gasteiger charge is 2.30. The van der Waals surface area contributed by atoms with Crippen molar-refractivity contribution in [2.24, 2.45) is 0 Å². The zero-order valence-electron chi connectivity index (χ0n) is 19.5. The van der Waals surface area contributed by atoms with Crippen molar-refractivity contribution >= 4 is 15.8 Å². The summed E-state index contributed by atoms with van der Waals surface area (Å²) in [5, 5.41) is -0.181. The topological polar surface area (TPSA) is 87.5 Å². The zero-order chi connectivity index (χ0) is 24.8. The molecule has 0 aliphatic carbocycles. The van der Waals surface area contributed by atoms with Gasteiger partial charge in [-0.25, -0.2) is 13.4 Å². The van der Waals surface area contributed by atoms with Crippen LogP contribution in [0.2, 0.25) is 0 Å².